The highest BCUT2D eigenvalue weighted by atomic mass is 16.5. The van der Waals surface area contributed by atoms with Gasteiger partial charge >= 0.3 is 5.97 Å². The van der Waals surface area contributed by atoms with Gasteiger partial charge in [0.15, 0.2) is 0 Å². The van der Waals surface area contributed by atoms with Gasteiger partial charge in [-0.2, -0.15) is 0 Å². The third-order valence-electron chi connectivity index (χ3n) is 5.47. The highest BCUT2D eigenvalue weighted by molar-refractivity contribution is 5.80. The lowest BCUT2D eigenvalue weighted by molar-refractivity contribution is -0.147. The number of carboxylic acids is 1. The van der Waals surface area contributed by atoms with Crippen LogP contribution < -0.4 is 4.74 Å². The second kappa shape index (κ2) is 7.46. The summed E-state index contributed by atoms with van der Waals surface area (Å²) < 4.78 is 6.02. The van der Waals surface area contributed by atoms with Gasteiger partial charge in [0.1, 0.15) is 5.75 Å². The summed E-state index contributed by atoms with van der Waals surface area (Å²) in [4.78, 5) is 25.4. The first-order valence-electron chi connectivity index (χ1n) is 9.23. The van der Waals surface area contributed by atoms with Crippen LogP contribution in [0.4, 0.5) is 0 Å². The van der Waals surface area contributed by atoms with Crippen molar-refractivity contribution in [2.45, 2.75) is 58.0 Å². The maximum absolute atomic E-state index is 12.4. The van der Waals surface area contributed by atoms with Gasteiger partial charge in [0, 0.05) is 19.5 Å². The molecule has 0 bridgehead atoms. The average molecular weight is 345 g/mol. The summed E-state index contributed by atoms with van der Waals surface area (Å²) >= 11 is 0. The Kier molecular flexibility index (Phi) is 5.30. The molecule has 5 nitrogen and oxygen atoms in total. The fourth-order valence-electron chi connectivity index (χ4n) is 3.73. The molecule has 1 heterocycles. The molecule has 1 saturated carbocycles. The normalized spacial score (nSPS) is 23.8. The van der Waals surface area contributed by atoms with Crippen molar-refractivity contribution in [2.24, 2.45) is 5.41 Å². The van der Waals surface area contributed by atoms with Gasteiger partial charge in [0.2, 0.25) is 5.91 Å². The van der Waals surface area contributed by atoms with Crippen LogP contribution in [-0.2, 0) is 16.0 Å². The van der Waals surface area contributed by atoms with E-state index in [0.717, 1.165) is 24.2 Å². The van der Waals surface area contributed by atoms with Crippen molar-refractivity contribution in [1.82, 2.24) is 4.90 Å². The fourth-order valence-corrected chi connectivity index (χ4v) is 3.73. The number of nitrogens with zero attached hydrogens (tertiary/aromatic N) is 1. The summed E-state index contributed by atoms with van der Waals surface area (Å²) in [7, 11) is 0. The van der Waals surface area contributed by atoms with Gasteiger partial charge in [-0.3, -0.25) is 9.59 Å². The van der Waals surface area contributed by atoms with E-state index in [1.54, 1.807) is 11.8 Å². The van der Waals surface area contributed by atoms with E-state index in [1.807, 2.05) is 24.3 Å². The topological polar surface area (TPSA) is 66.8 Å². The Bertz CT molecular complexity index is 638. The van der Waals surface area contributed by atoms with Crippen molar-refractivity contribution in [1.29, 1.82) is 0 Å². The lowest BCUT2D eigenvalue weighted by atomic mass is 9.90. The molecule has 0 aromatic heterocycles. The predicted molar refractivity (Wildman–Crippen MR) is 94.6 cm³/mol. The minimum Gasteiger partial charge on any atom is -0.490 e. The average Bonchev–Trinajstić information content (AvgIpc) is 3.23. The van der Waals surface area contributed by atoms with E-state index < -0.39 is 11.4 Å². The van der Waals surface area contributed by atoms with Gasteiger partial charge < -0.3 is 14.7 Å². The first-order valence-corrected chi connectivity index (χ1v) is 9.23. The standard InChI is InChI=1S/C20H27NO4/c1-20(19(23)24)11-12-21(14-20)18(22)10-9-15-5-4-8-17(13-15)25-16-6-2-3-7-16/h4-5,8,13,16H,2-3,6-7,9-12,14H2,1H3,(H,23,24). The smallest absolute Gasteiger partial charge is 0.311 e. The summed E-state index contributed by atoms with van der Waals surface area (Å²) in [5.41, 5.74) is 0.286. The highest BCUT2D eigenvalue weighted by Gasteiger charge is 2.41. The quantitative estimate of drug-likeness (QED) is 0.859. The molecule has 3 rings (SSSR count). The van der Waals surface area contributed by atoms with E-state index in [1.165, 1.54) is 12.8 Å². The van der Waals surface area contributed by atoms with Gasteiger partial charge in [0.25, 0.3) is 0 Å². The molecule has 1 aliphatic heterocycles. The molecule has 2 aliphatic rings. The van der Waals surface area contributed by atoms with Crippen molar-refractivity contribution in [3.8, 4) is 5.75 Å². The van der Waals surface area contributed by atoms with Gasteiger partial charge in [-0.1, -0.05) is 12.1 Å². The number of hydrogen-bond acceptors (Lipinski definition) is 3. The van der Waals surface area contributed by atoms with E-state index in [2.05, 4.69) is 0 Å². The number of amides is 1. The van der Waals surface area contributed by atoms with Crippen LogP contribution >= 0.6 is 0 Å². The molecule has 1 aromatic carbocycles. The monoisotopic (exact) mass is 345 g/mol. The molecule has 0 radical (unpaired) electrons. The van der Waals surface area contributed by atoms with Crippen LogP contribution in [0.15, 0.2) is 24.3 Å². The number of aliphatic carboxylic acids is 1. The highest BCUT2D eigenvalue weighted by Crippen LogP contribution is 2.30. The molecule has 25 heavy (non-hydrogen) atoms. The molecule has 1 saturated heterocycles. The third kappa shape index (κ3) is 4.33. The maximum Gasteiger partial charge on any atom is 0.311 e. The van der Waals surface area contributed by atoms with Crippen molar-refractivity contribution in [2.75, 3.05) is 13.1 Å². The zero-order chi connectivity index (χ0) is 17.9. The van der Waals surface area contributed by atoms with Crippen molar-refractivity contribution >= 4 is 11.9 Å². The lowest BCUT2D eigenvalue weighted by Gasteiger charge is -2.20. The number of hydrogen-bond donors (Lipinski definition) is 1. The predicted octanol–water partition coefficient (Wildman–Crippen LogP) is 3.26. The Labute approximate surface area is 149 Å². The molecule has 0 spiro atoms. The van der Waals surface area contributed by atoms with Gasteiger partial charge in [0.05, 0.1) is 11.5 Å². The third-order valence-corrected chi connectivity index (χ3v) is 5.47. The van der Waals surface area contributed by atoms with Crippen LogP contribution in [0.2, 0.25) is 0 Å². The molecule has 1 atom stereocenters. The Balaban J connectivity index is 1.51. The fraction of sp³-hybridized carbons (Fsp3) is 0.600. The number of carboxylic acid groups (broad SMARTS) is 1. The Hall–Kier alpha value is -2.04. The molecule has 1 N–H and O–H groups in total. The molecule has 136 valence electrons. The molecule has 1 amide bonds. The first kappa shape index (κ1) is 17.8. The Morgan fingerprint density at radius 3 is 2.76 bits per heavy atom. The van der Waals surface area contributed by atoms with Crippen LogP contribution in [0.25, 0.3) is 0 Å². The second-order valence-electron chi connectivity index (χ2n) is 7.60. The number of ether oxygens (including phenoxy) is 1. The number of likely N-dealkylation sites (tertiary alicyclic amines) is 1. The molecular formula is C20H27NO4. The van der Waals surface area contributed by atoms with Gasteiger partial charge in [-0.15, -0.1) is 0 Å². The van der Waals surface area contributed by atoms with Crippen LogP contribution in [0, 0.1) is 5.41 Å². The summed E-state index contributed by atoms with van der Waals surface area (Å²) in [6, 6.07) is 7.99. The molecule has 5 heteroatoms. The van der Waals surface area contributed by atoms with E-state index in [-0.39, 0.29) is 5.91 Å². The maximum atomic E-state index is 12.4. The van der Waals surface area contributed by atoms with E-state index in [4.69, 9.17) is 4.74 Å². The van der Waals surface area contributed by atoms with Crippen molar-refractivity contribution in [3.63, 3.8) is 0 Å². The minimum atomic E-state index is -0.820. The van der Waals surface area contributed by atoms with Crippen molar-refractivity contribution in [3.05, 3.63) is 29.8 Å². The van der Waals surface area contributed by atoms with Crippen LogP contribution in [0.3, 0.4) is 0 Å². The Morgan fingerprint density at radius 1 is 1.32 bits per heavy atom. The number of aryl methyl sites for hydroxylation is 1. The van der Waals surface area contributed by atoms with E-state index >= 15 is 0 Å². The molecule has 1 aromatic rings. The lowest BCUT2D eigenvalue weighted by Crippen LogP contribution is -2.34. The molecule has 1 aliphatic carbocycles. The summed E-state index contributed by atoms with van der Waals surface area (Å²) in [6.45, 7) is 2.56. The number of rotatable bonds is 6. The first-order chi connectivity index (χ1) is 12.0. The second-order valence-corrected chi connectivity index (χ2v) is 7.60. The van der Waals surface area contributed by atoms with Gasteiger partial charge in [-0.25, -0.2) is 0 Å². The number of carbonyl (C=O) groups excluding carboxylic acids is 1. The number of benzene rings is 1. The summed E-state index contributed by atoms with van der Waals surface area (Å²) in [5.74, 6) is 0.100. The molecule has 1 unspecified atom stereocenters. The largest absolute Gasteiger partial charge is 0.490 e. The Morgan fingerprint density at radius 2 is 2.08 bits per heavy atom. The summed E-state index contributed by atoms with van der Waals surface area (Å²) in [5, 5.41) is 9.28. The molecular weight excluding hydrogens is 318 g/mol. The van der Waals surface area contributed by atoms with E-state index in [9.17, 15) is 14.7 Å². The van der Waals surface area contributed by atoms with Gasteiger partial charge in [-0.05, 0) is 63.1 Å². The SMILES string of the molecule is CC1(C(=O)O)CCN(C(=O)CCc2cccc(OC3CCCC3)c2)C1. The number of carbonyl (C=O) groups is 2. The van der Waals surface area contributed by atoms with Crippen LogP contribution in [-0.4, -0.2) is 41.1 Å². The van der Waals surface area contributed by atoms with E-state index in [0.29, 0.717) is 38.5 Å². The van der Waals surface area contributed by atoms with Crippen molar-refractivity contribution < 1.29 is 19.4 Å². The minimum absolute atomic E-state index is 0.0343. The molecule has 2 fully saturated rings. The zero-order valence-corrected chi connectivity index (χ0v) is 14.9. The van der Waals surface area contributed by atoms with Crippen LogP contribution in [0.1, 0.15) is 51.0 Å². The zero-order valence-electron chi connectivity index (χ0n) is 14.9. The van der Waals surface area contributed by atoms with Crippen LogP contribution in [0.5, 0.6) is 5.75 Å². The summed E-state index contributed by atoms with van der Waals surface area (Å²) in [6.07, 6.45) is 6.64.